The van der Waals surface area contributed by atoms with Crippen LogP contribution in [0, 0.1) is 0 Å². The van der Waals surface area contributed by atoms with Gasteiger partial charge in [-0.1, -0.05) is 18.9 Å². The van der Waals surface area contributed by atoms with Crippen molar-refractivity contribution in [2.45, 2.75) is 51.6 Å². The Bertz CT molecular complexity index is 315. The van der Waals surface area contributed by atoms with Gasteiger partial charge in [0, 0.05) is 33.2 Å². The maximum Gasteiger partial charge on any atom is 0.322 e. The summed E-state index contributed by atoms with van der Waals surface area (Å²) in [6.45, 7) is 9.70. The number of piperidine rings is 1. The summed E-state index contributed by atoms with van der Waals surface area (Å²) in [7, 11) is 2.13. The van der Waals surface area contributed by atoms with E-state index in [2.05, 4.69) is 18.5 Å². The SMILES string of the molecule is C=CCN(C)CCCCCCOC1CCN(OC(C)=O)CC1. The molecule has 0 aromatic carbocycles. The molecule has 0 amide bonds. The number of hydrogen-bond acceptors (Lipinski definition) is 5. The lowest BCUT2D eigenvalue weighted by Crippen LogP contribution is -2.38. The minimum absolute atomic E-state index is 0.238. The number of carbonyl (C=O) groups excluding carboxylic acids is 1. The normalized spacial score (nSPS) is 16.9. The standard InChI is InChI=1S/C17H32N2O3/c1-4-11-18(3)12-7-5-6-8-15-21-17-9-13-19(14-10-17)22-16(2)20/h4,17H,1,5-15H2,2-3H3. The smallest absolute Gasteiger partial charge is 0.322 e. The van der Waals surface area contributed by atoms with Crippen LogP contribution < -0.4 is 0 Å². The van der Waals surface area contributed by atoms with Crippen molar-refractivity contribution in [1.29, 1.82) is 0 Å². The van der Waals surface area contributed by atoms with Crippen molar-refractivity contribution in [3.05, 3.63) is 12.7 Å². The van der Waals surface area contributed by atoms with Gasteiger partial charge in [-0.25, -0.2) is 0 Å². The van der Waals surface area contributed by atoms with Crippen molar-refractivity contribution in [1.82, 2.24) is 9.96 Å². The van der Waals surface area contributed by atoms with Crippen LogP contribution in [-0.4, -0.2) is 61.9 Å². The van der Waals surface area contributed by atoms with Gasteiger partial charge in [0.25, 0.3) is 0 Å². The minimum atomic E-state index is -0.238. The van der Waals surface area contributed by atoms with Crippen molar-refractivity contribution in [2.75, 3.05) is 39.8 Å². The van der Waals surface area contributed by atoms with Crippen LogP contribution in [-0.2, 0) is 14.4 Å². The van der Waals surface area contributed by atoms with E-state index in [0.717, 1.165) is 52.0 Å². The van der Waals surface area contributed by atoms with Gasteiger partial charge < -0.3 is 14.5 Å². The van der Waals surface area contributed by atoms with Crippen molar-refractivity contribution in [3.63, 3.8) is 0 Å². The zero-order chi connectivity index (χ0) is 16.2. The molecule has 0 aliphatic carbocycles. The van der Waals surface area contributed by atoms with Gasteiger partial charge in [-0.05, 0) is 39.3 Å². The van der Waals surface area contributed by atoms with E-state index in [4.69, 9.17) is 9.57 Å². The van der Waals surface area contributed by atoms with E-state index >= 15 is 0 Å². The van der Waals surface area contributed by atoms with Gasteiger partial charge >= 0.3 is 5.97 Å². The van der Waals surface area contributed by atoms with Crippen LogP contribution in [0.1, 0.15) is 45.4 Å². The minimum Gasteiger partial charge on any atom is -0.378 e. The number of ether oxygens (including phenoxy) is 1. The highest BCUT2D eigenvalue weighted by Gasteiger charge is 2.21. The van der Waals surface area contributed by atoms with Gasteiger partial charge in [-0.15, -0.1) is 11.6 Å². The number of likely N-dealkylation sites (N-methyl/N-ethyl adjacent to an activating group) is 1. The van der Waals surface area contributed by atoms with Gasteiger partial charge in [0.2, 0.25) is 0 Å². The summed E-state index contributed by atoms with van der Waals surface area (Å²) in [6, 6.07) is 0. The quantitative estimate of drug-likeness (QED) is 0.433. The maximum atomic E-state index is 10.9. The summed E-state index contributed by atoms with van der Waals surface area (Å²) < 4.78 is 5.91. The largest absolute Gasteiger partial charge is 0.378 e. The molecular weight excluding hydrogens is 280 g/mol. The molecule has 1 fully saturated rings. The Morgan fingerprint density at radius 3 is 2.59 bits per heavy atom. The molecule has 1 aliphatic heterocycles. The summed E-state index contributed by atoms with van der Waals surface area (Å²) in [6.07, 6.45) is 9.02. The Balaban J connectivity index is 1.91. The van der Waals surface area contributed by atoms with E-state index in [1.807, 2.05) is 6.08 Å². The molecular formula is C17H32N2O3. The molecule has 5 heteroatoms. The van der Waals surface area contributed by atoms with E-state index in [1.54, 1.807) is 5.06 Å². The second kappa shape index (κ2) is 11.6. The van der Waals surface area contributed by atoms with E-state index < -0.39 is 0 Å². The highest BCUT2D eigenvalue weighted by molar-refractivity contribution is 5.65. The third-order valence-electron chi connectivity index (χ3n) is 3.89. The first kappa shape index (κ1) is 19.1. The summed E-state index contributed by atoms with van der Waals surface area (Å²) in [4.78, 5) is 18.2. The molecule has 0 unspecified atom stereocenters. The number of rotatable bonds is 11. The maximum absolute atomic E-state index is 10.9. The molecule has 0 aromatic heterocycles. The fourth-order valence-electron chi connectivity index (χ4n) is 2.67. The molecule has 0 bridgehead atoms. The van der Waals surface area contributed by atoms with Crippen LogP contribution in [0.2, 0.25) is 0 Å². The van der Waals surface area contributed by atoms with Crippen LogP contribution in [0.5, 0.6) is 0 Å². The Kier molecular flexibility index (Phi) is 10.1. The predicted molar refractivity (Wildman–Crippen MR) is 88.5 cm³/mol. The van der Waals surface area contributed by atoms with Crippen molar-refractivity contribution >= 4 is 5.97 Å². The second-order valence-corrected chi connectivity index (χ2v) is 6.05. The molecule has 5 nitrogen and oxygen atoms in total. The van der Waals surface area contributed by atoms with Crippen LogP contribution in [0.3, 0.4) is 0 Å². The molecule has 1 aliphatic rings. The Morgan fingerprint density at radius 1 is 1.27 bits per heavy atom. The number of hydroxylamine groups is 2. The topological polar surface area (TPSA) is 42.0 Å². The number of nitrogens with zero attached hydrogens (tertiary/aromatic N) is 2. The second-order valence-electron chi connectivity index (χ2n) is 6.05. The Hall–Kier alpha value is -0.910. The first-order chi connectivity index (χ1) is 10.6. The lowest BCUT2D eigenvalue weighted by molar-refractivity contribution is -0.197. The van der Waals surface area contributed by atoms with Crippen LogP contribution in [0.4, 0.5) is 0 Å². The van der Waals surface area contributed by atoms with E-state index in [0.29, 0.717) is 6.10 Å². The molecule has 1 heterocycles. The third kappa shape index (κ3) is 9.18. The lowest BCUT2D eigenvalue weighted by atomic mass is 10.1. The fourth-order valence-corrected chi connectivity index (χ4v) is 2.67. The van der Waals surface area contributed by atoms with Gasteiger partial charge in [-0.2, -0.15) is 0 Å². The third-order valence-corrected chi connectivity index (χ3v) is 3.89. The average molecular weight is 312 g/mol. The zero-order valence-electron chi connectivity index (χ0n) is 14.3. The van der Waals surface area contributed by atoms with Crippen molar-refractivity contribution in [2.24, 2.45) is 0 Å². The van der Waals surface area contributed by atoms with Gasteiger partial charge in [0.15, 0.2) is 0 Å². The zero-order valence-corrected chi connectivity index (χ0v) is 14.3. The summed E-state index contributed by atoms with van der Waals surface area (Å²) in [5.41, 5.74) is 0. The van der Waals surface area contributed by atoms with Crippen molar-refractivity contribution < 1.29 is 14.4 Å². The summed E-state index contributed by atoms with van der Waals surface area (Å²) >= 11 is 0. The molecule has 0 aromatic rings. The van der Waals surface area contributed by atoms with Gasteiger partial charge in [0.05, 0.1) is 6.10 Å². The molecule has 0 spiro atoms. The van der Waals surface area contributed by atoms with Gasteiger partial charge in [0.1, 0.15) is 0 Å². The Labute approximate surface area is 135 Å². The highest BCUT2D eigenvalue weighted by Crippen LogP contribution is 2.14. The van der Waals surface area contributed by atoms with Crippen LogP contribution in [0.15, 0.2) is 12.7 Å². The molecule has 128 valence electrons. The molecule has 0 atom stereocenters. The molecule has 0 saturated carbocycles. The van der Waals surface area contributed by atoms with Crippen LogP contribution >= 0.6 is 0 Å². The molecule has 0 radical (unpaired) electrons. The molecule has 22 heavy (non-hydrogen) atoms. The summed E-state index contributed by atoms with van der Waals surface area (Å²) in [5, 5.41) is 1.74. The lowest BCUT2D eigenvalue weighted by Gasteiger charge is -2.30. The predicted octanol–water partition coefficient (Wildman–Crippen LogP) is 2.62. The van der Waals surface area contributed by atoms with E-state index in [9.17, 15) is 4.79 Å². The number of unbranched alkanes of at least 4 members (excludes halogenated alkanes) is 3. The number of carbonyl (C=O) groups is 1. The Morgan fingerprint density at radius 2 is 1.95 bits per heavy atom. The molecule has 0 N–H and O–H groups in total. The van der Waals surface area contributed by atoms with Crippen LogP contribution in [0.25, 0.3) is 0 Å². The highest BCUT2D eigenvalue weighted by atomic mass is 16.7. The fraction of sp³-hybridized carbons (Fsp3) is 0.824. The molecule has 1 rings (SSSR count). The number of hydrogen-bond donors (Lipinski definition) is 0. The first-order valence-corrected chi connectivity index (χ1v) is 8.46. The molecule has 1 saturated heterocycles. The average Bonchev–Trinajstić information content (AvgIpc) is 2.47. The first-order valence-electron chi connectivity index (χ1n) is 8.46. The summed E-state index contributed by atoms with van der Waals surface area (Å²) in [5.74, 6) is -0.238. The van der Waals surface area contributed by atoms with Crippen molar-refractivity contribution in [3.8, 4) is 0 Å². The van der Waals surface area contributed by atoms with E-state index in [-0.39, 0.29) is 5.97 Å². The monoisotopic (exact) mass is 312 g/mol. The van der Waals surface area contributed by atoms with E-state index in [1.165, 1.54) is 26.2 Å². The van der Waals surface area contributed by atoms with Gasteiger partial charge in [-0.3, -0.25) is 4.79 Å².